The fourth-order valence-corrected chi connectivity index (χ4v) is 6.05. The van der Waals surface area contributed by atoms with E-state index in [4.69, 9.17) is 4.74 Å². The van der Waals surface area contributed by atoms with E-state index >= 15 is 0 Å². The second-order valence-electron chi connectivity index (χ2n) is 8.65. The van der Waals surface area contributed by atoms with Crippen LogP contribution in [0.1, 0.15) is 29.5 Å². The second kappa shape index (κ2) is 9.28. The van der Waals surface area contributed by atoms with E-state index in [9.17, 15) is 17.6 Å². The third-order valence-corrected chi connectivity index (χ3v) is 8.15. The van der Waals surface area contributed by atoms with E-state index in [1.807, 2.05) is 31.2 Å². The topological polar surface area (TPSA) is 79.5 Å². The number of carbonyl (C=O) groups excluding carboxylic acids is 1. The van der Waals surface area contributed by atoms with Gasteiger partial charge in [-0.05, 0) is 49.7 Å². The number of nitrogens with zero attached hydrogens (tertiary/aromatic N) is 1. The molecule has 2 heterocycles. The molecule has 1 aliphatic heterocycles. The number of aromatic amines is 1. The summed E-state index contributed by atoms with van der Waals surface area (Å²) in [4.78, 5) is 16.6. The molecule has 0 bridgehead atoms. The first-order chi connectivity index (χ1) is 17.3. The highest BCUT2D eigenvalue weighted by Gasteiger charge is 2.38. The normalized spacial score (nSPS) is 15.8. The number of carbonyl (C=O) groups is 1. The third-order valence-electron chi connectivity index (χ3n) is 6.37. The van der Waals surface area contributed by atoms with Gasteiger partial charge in [0.2, 0.25) is 0 Å². The molecule has 1 atom stereocenters. The Balaban J connectivity index is 1.80. The van der Waals surface area contributed by atoms with Gasteiger partial charge in [-0.15, -0.1) is 0 Å². The second-order valence-corrected chi connectivity index (χ2v) is 10.5. The molecule has 1 N–H and O–H groups in total. The van der Waals surface area contributed by atoms with E-state index in [-0.39, 0.29) is 18.0 Å². The summed E-state index contributed by atoms with van der Waals surface area (Å²) < 4.78 is 48.3. The number of fused-ring (bicyclic) bond motifs is 3. The SMILES string of the molecule is CCOC(=O)C1=CCN(S(=O)(=O)c2ccc(C)cc2)c2[nH]c3ccccc3c2C1c1ccc(F)cc1. The molecule has 0 saturated heterocycles. The Morgan fingerprint density at radius 3 is 2.44 bits per heavy atom. The molecule has 0 saturated carbocycles. The minimum atomic E-state index is -3.99. The Bertz CT molecular complexity index is 1570. The number of esters is 1. The van der Waals surface area contributed by atoms with E-state index < -0.39 is 27.7 Å². The molecule has 0 amide bonds. The molecule has 0 aliphatic carbocycles. The molecule has 1 unspecified atom stereocenters. The number of nitrogens with one attached hydrogen (secondary N) is 1. The summed E-state index contributed by atoms with van der Waals surface area (Å²) in [5.41, 5.74) is 3.23. The van der Waals surface area contributed by atoms with Crippen LogP contribution in [0.5, 0.6) is 0 Å². The van der Waals surface area contributed by atoms with Gasteiger partial charge in [0.1, 0.15) is 11.6 Å². The van der Waals surface area contributed by atoms with Crippen LogP contribution < -0.4 is 4.31 Å². The van der Waals surface area contributed by atoms with E-state index in [2.05, 4.69) is 4.98 Å². The molecule has 3 aromatic carbocycles. The Labute approximate surface area is 209 Å². The minimum absolute atomic E-state index is 0.0815. The van der Waals surface area contributed by atoms with E-state index in [1.54, 1.807) is 49.4 Å². The molecule has 5 rings (SSSR count). The van der Waals surface area contributed by atoms with Crippen LogP contribution in [0.15, 0.2) is 89.3 Å². The van der Waals surface area contributed by atoms with Crippen LogP contribution in [0.3, 0.4) is 0 Å². The van der Waals surface area contributed by atoms with Crippen LogP contribution in [-0.2, 0) is 19.6 Å². The van der Waals surface area contributed by atoms with Crippen molar-refractivity contribution in [3.63, 3.8) is 0 Å². The van der Waals surface area contributed by atoms with Crippen molar-refractivity contribution in [1.82, 2.24) is 4.98 Å². The molecule has 6 nitrogen and oxygen atoms in total. The van der Waals surface area contributed by atoms with Gasteiger partial charge in [-0.1, -0.05) is 54.1 Å². The van der Waals surface area contributed by atoms with Crippen molar-refractivity contribution >= 4 is 32.7 Å². The molecule has 1 aromatic heterocycles. The van der Waals surface area contributed by atoms with Gasteiger partial charge in [-0.25, -0.2) is 21.9 Å². The maximum atomic E-state index is 13.9. The molecular formula is C28H25FN2O4S. The summed E-state index contributed by atoms with van der Waals surface area (Å²) in [5.74, 6) is -1.26. The molecule has 0 radical (unpaired) electrons. The first kappa shape index (κ1) is 23.8. The van der Waals surface area contributed by atoms with Crippen molar-refractivity contribution in [3.8, 4) is 0 Å². The van der Waals surface area contributed by atoms with E-state index in [0.29, 0.717) is 22.5 Å². The van der Waals surface area contributed by atoms with Gasteiger partial charge in [0, 0.05) is 28.0 Å². The van der Waals surface area contributed by atoms with Gasteiger partial charge in [0.05, 0.1) is 18.0 Å². The number of ether oxygens (including phenoxy) is 1. The van der Waals surface area contributed by atoms with E-state index in [1.165, 1.54) is 16.4 Å². The average Bonchev–Trinajstić information content (AvgIpc) is 3.14. The molecule has 8 heteroatoms. The molecule has 184 valence electrons. The molecule has 4 aromatic rings. The van der Waals surface area contributed by atoms with Crippen molar-refractivity contribution in [2.45, 2.75) is 24.7 Å². The Hall–Kier alpha value is -3.91. The predicted molar refractivity (Wildman–Crippen MR) is 137 cm³/mol. The number of sulfonamides is 1. The molecule has 1 aliphatic rings. The lowest BCUT2D eigenvalue weighted by Gasteiger charge is -2.23. The lowest BCUT2D eigenvalue weighted by Crippen LogP contribution is -2.31. The molecule has 0 fully saturated rings. The Kier molecular flexibility index (Phi) is 6.14. The van der Waals surface area contributed by atoms with Gasteiger partial charge in [-0.2, -0.15) is 0 Å². The maximum Gasteiger partial charge on any atom is 0.334 e. The van der Waals surface area contributed by atoms with Crippen LogP contribution in [0.4, 0.5) is 10.2 Å². The highest BCUT2D eigenvalue weighted by atomic mass is 32.2. The van der Waals surface area contributed by atoms with E-state index in [0.717, 1.165) is 16.5 Å². The number of hydrogen-bond donors (Lipinski definition) is 1. The summed E-state index contributed by atoms with van der Waals surface area (Å²) >= 11 is 0. The van der Waals surface area contributed by atoms with Crippen LogP contribution in [0.25, 0.3) is 10.9 Å². The van der Waals surface area contributed by atoms with Gasteiger partial charge < -0.3 is 9.72 Å². The Morgan fingerprint density at radius 2 is 1.75 bits per heavy atom. The first-order valence-corrected chi connectivity index (χ1v) is 13.1. The summed E-state index contributed by atoms with van der Waals surface area (Å²) in [6.45, 7) is 3.69. The number of para-hydroxylation sites is 1. The van der Waals surface area contributed by atoms with Crippen LogP contribution in [0, 0.1) is 12.7 Å². The van der Waals surface area contributed by atoms with Crippen molar-refractivity contribution in [2.24, 2.45) is 0 Å². The fourth-order valence-electron chi connectivity index (χ4n) is 4.66. The smallest absolute Gasteiger partial charge is 0.334 e. The fraction of sp³-hybridized carbons (Fsp3) is 0.179. The predicted octanol–water partition coefficient (Wildman–Crippen LogP) is 5.45. The minimum Gasteiger partial charge on any atom is -0.463 e. The summed E-state index contributed by atoms with van der Waals surface area (Å²) in [6.07, 6.45) is 1.60. The number of H-pyrrole nitrogens is 1. The van der Waals surface area contributed by atoms with Gasteiger partial charge in [0.15, 0.2) is 0 Å². The number of rotatable bonds is 5. The van der Waals surface area contributed by atoms with Crippen molar-refractivity contribution in [2.75, 3.05) is 17.5 Å². The van der Waals surface area contributed by atoms with Crippen molar-refractivity contribution in [3.05, 3.63) is 107 Å². The van der Waals surface area contributed by atoms with Crippen molar-refractivity contribution in [1.29, 1.82) is 0 Å². The first-order valence-electron chi connectivity index (χ1n) is 11.6. The monoisotopic (exact) mass is 504 g/mol. The average molecular weight is 505 g/mol. The maximum absolute atomic E-state index is 13.9. The standard InChI is InChI=1S/C28H25FN2O4S/c1-3-35-28(32)23-16-17-31(36(33,34)21-14-8-18(2)9-15-21)27-26(22-6-4-5-7-24(22)30-27)25(23)19-10-12-20(29)13-11-19/h4-16,25,30H,3,17H2,1-2H3. The quantitative estimate of drug-likeness (QED) is 0.367. The van der Waals surface area contributed by atoms with Gasteiger partial charge >= 0.3 is 5.97 Å². The number of hydrogen-bond acceptors (Lipinski definition) is 4. The molecule has 0 spiro atoms. The number of anilines is 1. The zero-order valence-electron chi connectivity index (χ0n) is 19.9. The van der Waals surface area contributed by atoms with Crippen LogP contribution in [0.2, 0.25) is 0 Å². The highest BCUT2D eigenvalue weighted by Crippen LogP contribution is 2.45. The van der Waals surface area contributed by atoms with Gasteiger partial charge in [-0.3, -0.25) is 0 Å². The number of halogens is 1. The van der Waals surface area contributed by atoms with Crippen LogP contribution in [-0.4, -0.2) is 32.5 Å². The number of aromatic nitrogens is 1. The number of aryl methyl sites for hydroxylation is 1. The van der Waals surface area contributed by atoms with Crippen molar-refractivity contribution < 1.29 is 22.3 Å². The zero-order chi connectivity index (χ0) is 25.4. The third kappa shape index (κ3) is 4.07. The number of benzene rings is 3. The van der Waals surface area contributed by atoms with Crippen LogP contribution >= 0.6 is 0 Å². The lowest BCUT2D eigenvalue weighted by atomic mass is 9.84. The Morgan fingerprint density at radius 1 is 1.06 bits per heavy atom. The molecular weight excluding hydrogens is 479 g/mol. The largest absolute Gasteiger partial charge is 0.463 e. The summed E-state index contributed by atoms with van der Waals surface area (Å²) in [5, 5.41) is 0.767. The molecule has 36 heavy (non-hydrogen) atoms. The lowest BCUT2D eigenvalue weighted by molar-refractivity contribution is -0.138. The van der Waals surface area contributed by atoms with Gasteiger partial charge in [0.25, 0.3) is 10.0 Å². The highest BCUT2D eigenvalue weighted by molar-refractivity contribution is 7.92. The summed E-state index contributed by atoms with van der Waals surface area (Å²) in [7, 11) is -3.99. The zero-order valence-corrected chi connectivity index (χ0v) is 20.7. The summed E-state index contributed by atoms with van der Waals surface area (Å²) in [6, 6.07) is 20.0.